The minimum absolute atomic E-state index is 0.0445. The van der Waals surface area contributed by atoms with Crippen LogP contribution >= 0.6 is 0 Å². The summed E-state index contributed by atoms with van der Waals surface area (Å²) in [5.74, 6) is 3.60. The van der Waals surface area contributed by atoms with Crippen LogP contribution in [0, 0.1) is 20.8 Å². The molecule has 2 aliphatic rings. The Morgan fingerprint density at radius 2 is 1.10 bits per heavy atom. The van der Waals surface area contributed by atoms with Crippen LogP contribution in [0.3, 0.4) is 0 Å². The lowest BCUT2D eigenvalue weighted by atomic mass is 9.34. The second-order valence-electron chi connectivity index (χ2n) is 13.4. The molecular weight excluding hydrogens is 597 g/mol. The average molecular weight is 630 g/mol. The fourth-order valence-corrected chi connectivity index (χ4v) is 8.25. The first-order valence-corrected chi connectivity index (χ1v) is 17.0. The van der Waals surface area contributed by atoms with E-state index in [1.807, 2.05) is 0 Å². The van der Waals surface area contributed by atoms with E-state index in [1.165, 1.54) is 55.1 Å². The van der Waals surface area contributed by atoms with E-state index in [9.17, 15) is 0 Å². The zero-order chi connectivity index (χ0) is 32.8. The van der Waals surface area contributed by atoms with Gasteiger partial charge in [0.25, 0.3) is 6.71 Å². The van der Waals surface area contributed by atoms with Crippen molar-refractivity contribution >= 4 is 44.9 Å². The standard InChI is InChI=1S/C45H32BNO2/c1-27-12-8-15-31(24-27)47-38-22-7-6-18-35(38)42-34(19-11-23-39(42)47)33-17-5-4-16-32(33)30-25-40-43-41(26-30)49-45-29(3)14-10-21-37(45)46(43)36-20-9-13-28(2)44(36)48-40/h4-26H,1-3H3. The molecule has 0 aliphatic carbocycles. The van der Waals surface area contributed by atoms with Crippen LogP contribution in [0.4, 0.5) is 0 Å². The summed E-state index contributed by atoms with van der Waals surface area (Å²) in [7, 11) is 0. The molecule has 7 aromatic carbocycles. The molecule has 0 spiro atoms. The zero-order valence-corrected chi connectivity index (χ0v) is 27.6. The van der Waals surface area contributed by atoms with Crippen LogP contribution in [0.25, 0.3) is 49.7 Å². The number of hydrogen-bond acceptors (Lipinski definition) is 2. The third kappa shape index (κ3) is 4.10. The van der Waals surface area contributed by atoms with Crippen molar-refractivity contribution in [1.82, 2.24) is 4.57 Å². The van der Waals surface area contributed by atoms with Crippen LogP contribution in [0.2, 0.25) is 0 Å². The number of para-hydroxylation sites is 3. The Hall–Kier alpha value is -6.00. The number of aryl methyl sites for hydroxylation is 3. The Morgan fingerprint density at radius 3 is 1.82 bits per heavy atom. The Bertz CT molecular complexity index is 2590. The summed E-state index contributed by atoms with van der Waals surface area (Å²) in [6.07, 6.45) is 0. The number of ether oxygens (including phenoxy) is 2. The number of rotatable bonds is 3. The second-order valence-corrected chi connectivity index (χ2v) is 13.4. The van der Waals surface area contributed by atoms with E-state index >= 15 is 0 Å². The fraction of sp³-hybridized carbons (Fsp3) is 0.0667. The summed E-state index contributed by atoms with van der Waals surface area (Å²) in [6.45, 7) is 6.46. The van der Waals surface area contributed by atoms with E-state index in [1.54, 1.807) is 0 Å². The van der Waals surface area contributed by atoms with Crippen LogP contribution in [0.15, 0.2) is 140 Å². The largest absolute Gasteiger partial charge is 0.458 e. The van der Waals surface area contributed by atoms with Gasteiger partial charge in [-0.2, -0.15) is 0 Å². The van der Waals surface area contributed by atoms with Gasteiger partial charge in [-0.25, -0.2) is 0 Å². The molecule has 0 atom stereocenters. The number of aromatic nitrogens is 1. The van der Waals surface area contributed by atoms with Crippen LogP contribution in [-0.4, -0.2) is 11.3 Å². The van der Waals surface area contributed by atoms with E-state index in [0.29, 0.717) is 0 Å². The lowest BCUT2D eigenvalue weighted by Gasteiger charge is -2.34. The summed E-state index contributed by atoms with van der Waals surface area (Å²) in [6, 6.07) is 50.3. The molecule has 0 fully saturated rings. The molecule has 10 rings (SSSR count). The van der Waals surface area contributed by atoms with E-state index in [-0.39, 0.29) is 6.71 Å². The van der Waals surface area contributed by atoms with Gasteiger partial charge < -0.3 is 14.0 Å². The van der Waals surface area contributed by atoms with Crippen LogP contribution in [-0.2, 0) is 0 Å². The molecule has 2 aliphatic heterocycles. The van der Waals surface area contributed by atoms with Crippen molar-refractivity contribution in [2.75, 3.05) is 0 Å². The maximum Gasteiger partial charge on any atom is 0.260 e. The van der Waals surface area contributed by atoms with Gasteiger partial charge in [0.1, 0.15) is 23.0 Å². The Labute approximate surface area is 286 Å². The first-order valence-electron chi connectivity index (χ1n) is 17.0. The van der Waals surface area contributed by atoms with Gasteiger partial charge in [0.2, 0.25) is 0 Å². The lowest BCUT2D eigenvalue weighted by molar-refractivity contribution is 0.461. The highest BCUT2D eigenvalue weighted by molar-refractivity contribution is 6.98. The van der Waals surface area contributed by atoms with Crippen LogP contribution in [0.5, 0.6) is 23.0 Å². The van der Waals surface area contributed by atoms with Crippen molar-refractivity contribution in [3.8, 4) is 50.9 Å². The van der Waals surface area contributed by atoms with Gasteiger partial charge in [0.05, 0.1) is 11.0 Å². The summed E-state index contributed by atoms with van der Waals surface area (Å²) in [4.78, 5) is 0. The summed E-state index contributed by atoms with van der Waals surface area (Å²) in [5, 5.41) is 2.48. The normalized spacial score (nSPS) is 12.7. The molecule has 1 aromatic heterocycles. The van der Waals surface area contributed by atoms with Gasteiger partial charge in [-0.1, -0.05) is 103 Å². The molecule has 0 saturated heterocycles. The van der Waals surface area contributed by atoms with Crippen molar-refractivity contribution in [3.05, 3.63) is 156 Å². The smallest absolute Gasteiger partial charge is 0.260 e. The molecule has 0 bridgehead atoms. The number of hydrogen-bond donors (Lipinski definition) is 0. The Kier molecular flexibility index (Phi) is 6.01. The van der Waals surface area contributed by atoms with Gasteiger partial charge in [-0.3, -0.25) is 0 Å². The minimum atomic E-state index is 0.0445. The van der Waals surface area contributed by atoms with E-state index < -0.39 is 0 Å². The molecule has 3 heterocycles. The maximum absolute atomic E-state index is 6.81. The summed E-state index contributed by atoms with van der Waals surface area (Å²) in [5.41, 5.74) is 15.1. The van der Waals surface area contributed by atoms with Crippen molar-refractivity contribution in [1.29, 1.82) is 0 Å². The average Bonchev–Trinajstić information content (AvgIpc) is 3.47. The van der Waals surface area contributed by atoms with Crippen molar-refractivity contribution < 1.29 is 9.47 Å². The van der Waals surface area contributed by atoms with Crippen molar-refractivity contribution in [2.24, 2.45) is 0 Å². The van der Waals surface area contributed by atoms with E-state index in [0.717, 1.165) is 50.7 Å². The quantitative estimate of drug-likeness (QED) is 0.182. The topological polar surface area (TPSA) is 23.4 Å². The molecule has 0 amide bonds. The van der Waals surface area contributed by atoms with Crippen LogP contribution in [0.1, 0.15) is 16.7 Å². The van der Waals surface area contributed by atoms with Gasteiger partial charge in [0.15, 0.2) is 0 Å². The van der Waals surface area contributed by atoms with Crippen LogP contribution < -0.4 is 25.9 Å². The molecule has 0 radical (unpaired) electrons. The molecule has 49 heavy (non-hydrogen) atoms. The second kappa shape index (κ2) is 10.5. The highest BCUT2D eigenvalue weighted by Gasteiger charge is 2.41. The molecule has 8 aromatic rings. The maximum atomic E-state index is 6.81. The first kappa shape index (κ1) is 28.1. The lowest BCUT2D eigenvalue weighted by Crippen LogP contribution is -2.57. The van der Waals surface area contributed by atoms with Crippen molar-refractivity contribution in [3.63, 3.8) is 0 Å². The van der Waals surface area contributed by atoms with E-state index in [4.69, 9.17) is 9.47 Å². The SMILES string of the molecule is Cc1cccc(-n2c3ccccc3c3c(-c4ccccc4-c4cc5c6c(c4)Oc4c(C)cccc4B6c4cccc(C)c4O5)cccc32)c1. The number of benzene rings is 7. The molecule has 4 heteroatoms. The minimum Gasteiger partial charge on any atom is -0.458 e. The Balaban J connectivity index is 1.21. The van der Waals surface area contributed by atoms with Gasteiger partial charge in [0, 0.05) is 21.9 Å². The third-order valence-electron chi connectivity index (χ3n) is 10.4. The van der Waals surface area contributed by atoms with Gasteiger partial charge in [-0.05, 0) is 107 Å². The zero-order valence-electron chi connectivity index (χ0n) is 27.6. The van der Waals surface area contributed by atoms with Gasteiger partial charge in [-0.15, -0.1) is 0 Å². The molecular formula is C45H32BNO2. The summed E-state index contributed by atoms with van der Waals surface area (Å²) >= 11 is 0. The fourth-order valence-electron chi connectivity index (χ4n) is 8.25. The van der Waals surface area contributed by atoms with E-state index in [2.05, 4.69) is 165 Å². The predicted octanol–water partition coefficient (Wildman–Crippen LogP) is 9.77. The number of nitrogens with zero attached hydrogens (tertiary/aromatic N) is 1. The monoisotopic (exact) mass is 629 g/mol. The molecule has 3 nitrogen and oxygen atoms in total. The predicted molar refractivity (Wildman–Crippen MR) is 204 cm³/mol. The molecule has 0 unspecified atom stereocenters. The number of fused-ring (bicyclic) bond motifs is 7. The highest BCUT2D eigenvalue weighted by atomic mass is 16.5. The summed E-state index contributed by atoms with van der Waals surface area (Å²) < 4.78 is 16.0. The molecule has 232 valence electrons. The highest BCUT2D eigenvalue weighted by Crippen LogP contribution is 2.45. The molecule has 0 saturated carbocycles. The van der Waals surface area contributed by atoms with Gasteiger partial charge >= 0.3 is 0 Å². The first-order chi connectivity index (χ1) is 24.0. The third-order valence-corrected chi connectivity index (χ3v) is 10.4. The van der Waals surface area contributed by atoms with Crippen molar-refractivity contribution in [2.45, 2.75) is 20.8 Å². The molecule has 0 N–H and O–H groups in total. The Morgan fingerprint density at radius 1 is 0.510 bits per heavy atom.